The van der Waals surface area contributed by atoms with Crippen LogP contribution in [0.4, 0.5) is 18.9 Å². The second kappa shape index (κ2) is 6.28. The van der Waals surface area contributed by atoms with E-state index < -0.39 is 28.8 Å². The van der Waals surface area contributed by atoms with E-state index in [2.05, 4.69) is 10.3 Å². The number of rotatable bonds is 2. The van der Waals surface area contributed by atoms with Gasteiger partial charge in [0.1, 0.15) is 17.5 Å². The first-order chi connectivity index (χ1) is 12.9. The van der Waals surface area contributed by atoms with Gasteiger partial charge < -0.3 is 10.3 Å². The molecule has 2 N–H and O–H groups in total. The number of halogens is 3. The Bertz CT molecular complexity index is 1280. The molecule has 0 atom stereocenters. The van der Waals surface area contributed by atoms with E-state index >= 15 is 0 Å². The van der Waals surface area contributed by atoms with Crippen LogP contribution < -0.4 is 10.7 Å². The summed E-state index contributed by atoms with van der Waals surface area (Å²) >= 11 is 0. The minimum absolute atomic E-state index is 0.0357. The molecule has 1 aromatic heterocycles. The standard InChI is InChI=1S/C20H11F3N2O2/c21-10-5-6-16-12(7-10)19(26)13-8-11(22)9-14(18(13)24-16)20(27)25-17-4-2-1-3-15(17)23/h1-9H,(H,24,26)(H,25,27). The summed E-state index contributed by atoms with van der Waals surface area (Å²) < 4.78 is 41.3. The van der Waals surface area contributed by atoms with Crippen LogP contribution in [0.2, 0.25) is 0 Å². The Morgan fingerprint density at radius 3 is 2.41 bits per heavy atom. The van der Waals surface area contributed by atoms with Gasteiger partial charge in [0.15, 0.2) is 5.43 Å². The van der Waals surface area contributed by atoms with E-state index in [1.807, 2.05) is 0 Å². The second-order valence-electron chi connectivity index (χ2n) is 5.95. The lowest BCUT2D eigenvalue weighted by Crippen LogP contribution is -2.16. The van der Waals surface area contributed by atoms with Crippen LogP contribution in [0.1, 0.15) is 10.4 Å². The van der Waals surface area contributed by atoms with Crippen molar-refractivity contribution < 1.29 is 18.0 Å². The zero-order valence-corrected chi connectivity index (χ0v) is 13.6. The summed E-state index contributed by atoms with van der Waals surface area (Å²) in [5.41, 5.74) is -0.491. The predicted molar refractivity (Wildman–Crippen MR) is 96.3 cm³/mol. The Labute approximate surface area is 150 Å². The molecule has 0 fully saturated rings. The first kappa shape index (κ1) is 16.8. The van der Waals surface area contributed by atoms with Gasteiger partial charge in [-0.05, 0) is 42.5 Å². The predicted octanol–water partition coefficient (Wildman–Crippen LogP) is 4.35. The second-order valence-corrected chi connectivity index (χ2v) is 5.95. The smallest absolute Gasteiger partial charge is 0.257 e. The summed E-state index contributed by atoms with van der Waals surface area (Å²) in [7, 11) is 0. The van der Waals surface area contributed by atoms with E-state index in [1.165, 1.54) is 30.3 Å². The number of benzene rings is 3. The van der Waals surface area contributed by atoms with Crippen LogP contribution in [0.25, 0.3) is 21.8 Å². The number of hydrogen-bond donors (Lipinski definition) is 2. The molecule has 27 heavy (non-hydrogen) atoms. The third kappa shape index (κ3) is 2.93. The normalized spacial score (nSPS) is 11.1. The number of pyridine rings is 1. The van der Waals surface area contributed by atoms with E-state index in [-0.39, 0.29) is 27.5 Å². The topological polar surface area (TPSA) is 62.0 Å². The number of para-hydroxylation sites is 1. The van der Waals surface area contributed by atoms with Gasteiger partial charge in [0.2, 0.25) is 0 Å². The third-order valence-corrected chi connectivity index (χ3v) is 4.20. The highest BCUT2D eigenvalue weighted by molar-refractivity contribution is 6.13. The highest BCUT2D eigenvalue weighted by Crippen LogP contribution is 2.22. The van der Waals surface area contributed by atoms with E-state index in [9.17, 15) is 22.8 Å². The van der Waals surface area contributed by atoms with Crippen molar-refractivity contribution in [3.63, 3.8) is 0 Å². The average Bonchev–Trinajstić information content (AvgIpc) is 2.64. The van der Waals surface area contributed by atoms with Gasteiger partial charge in [-0.1, -0.05) is 12.1 Å². The van der Waals surface area contributed by atoms with Crippen molar-refractivity contribution in [3.05, 3.63) is 87.8 Å². The van der Waals surface area contributed by atoms with E-state index in [0.29, 0.717) is 5.52 Å². The lowest BCUT2D eigenvalue weighted by Gasteiger charge is -2.10. The highest BCUT2D eigenvalue weighted by atomic mass is 19.1. The van der Waals surface area contributed by atoms with Crippen LogP contribution in [0, 0.1) is 17.5 Å². The average molecular weight is 368 g/mol. The molecule has 1 heterocycles. The molecule has 0 saturated carbocycles. The fraction of sp³-hybridized carbons (Fsp3) is 0. The van der Waals surface area contributed by atoms with Gasteiger partial charge in [0, 0.05) is 16.3 Å². The number of aromatic amines is 1. The number of aromatic nitrogens is 1. The molecule has 0 bridgehead atoms. The first-order valence-corrected chi connectivity index (χ1v) is 7.95. The lowest BCUT2D eigenvalue weighted by molar-refractivity contribution is 0.102. The molecule has 0 unspecified atom stereocenters. The van der Waals surface area contributed by atoms with Gasteiger partial charge in [-0.15, -0.1) is 0 Å². The Morgan fingerprint density at radius 1 is 0.889 bits per heavy atom. The number of nitrogens with one attached hydrogen (secondary N) is 2. The van der Waals surface area contributed by atoms with Crippen molar-refractivity contribution in [2.45, 2.75) is 0 Å². The minimum Gasteiger partial charge on any atom is -0.354 e. The van der Waals surface area contributed by atoms with Crippen LogP contribution >= 0.6 is 0 Å². The zero-order valence-electron chi connectivity index (χ0n) is 13.6. The van der Waals surface area contributed by atoms with Gasteiger partial charge in [0.05, 0.1) is 16.8 Å². The van der Waals surface area contributed by atoms with Crippen molar-refractivity contribution >= 4 is 33.4 Å². The van der Waals surface area contributed by atoms with E-state index in [4.69, 9.17) is 0 Å². The SMILES string of the molecule is O=C(Nc1ccccc1F)c1cc(F)cc2c(=O)c3cc(F)ccc3[nH]c12. The number of anilines is 1. The Kier molecular flexibility index (Phi) is 3.92. The van der Waals surface area contributed by atoms with Crippen LogP contribution in [-0.2, 0) is 0 Å². The molecule has 0 radical (unpaired) electrons. The summed E-state index contributed by atoms with van der Waals surface area (Å²) in [5, 5.41) is 2.29. The number of hydrogen-bond acceptors (Lipinski definition) is 2. The maximum Gasteiger partial charge on any atom is 0.257 e. The van der Waals surface area contributed by atoms with Gasteiger partial charge in [0.25, 0.3) is 5.91 Å². The molecule has 4 aromatic rings. The highest BCUT2D eigenvalue weighted by Gasteiger charge is 2.17. The van der Waals surface area contributed by atoms with Crippen molar-refractivity contribution in [3.8, 4) is 0 Å². The van der Waals surface area contributed by atoms with Crippen LogP contribution in [0.15, 0.2) is 59.4 Å². The Hall–Kier alpha value is -3.61. The molecule has 0 saturated heterocycles. The third-order valence-electron chi connectivity index (χ3n) is 4.20. The maximum absolute atomic E-state index is 14.1. The maximum atomic E-state index is 14.1. The first-order valence-electron chi connectivity index (χ1n) is 7.95. The summed E-state index contributed by atoms with van der Waals surface area (Å²) in [6, 6.07) is 11.0. The summed E-state index contributed by atoms with van der Waals surface area (Å²) in [6.45, 7) is 0. The molecular formula is C20H11F3N2O2. The molecule has 1 amide bonds. The molecular weight excluding hydrogens is 357 g/mol. The summed E-state index contributed by atoms with van der Waals surface area (Å²) in [6.07, 6.45) is 0. The Balaban J connectivity index is 1.94. The fourth-order valence-corrected chi connectivity index (χ4v) is 2.95. The number of fused-ring (bicyclic) bond motifs is 2. The molecule has 0 aliphatic carbocycles. The number of amides is 1. The number of carbonyl (C=O) groups excluding carboxylic acids is 1. The van der Waals surface area contributed by atoms with Crippen LogP contribution in [0.5, 0.6) is 0 Å². The molecule has 4 nitrogen and oxygen atoms in total. The zero-order chi connectivity index (χ0) is 19.1. The molecule has 0 aliphatic heterocycles. The minimum atomic E-state index is -0.817. The fourth-order valence-electron chi connectivity index (χ4n) is 2.95. The van der Waals surface area contributed by atoms with Gasteiger partial charge in [-0.2, -0.15) is 0 Å². The van der Waals surface area contributed by atoms with Crippen LogP contribution in [0.3, 0.4) is 0 Å². The lowest BCUT2D eigenvalue weighted by atomic mass is 10.0. The molecule has 0 aliphatic rings. The number of H-pyrrole nitrogens is 1. The molecule has 134 valence electrons. The van der Waals surface area contributed by atoms with Crippen molar-refractivity contribution in [1.29, 1.82) is 0 Å². The largest absolute Gasteiger partial charge is 0.354 e. The summed E-state index contributed by atoms with van der Waals surface area (Å²) in [4.78, 5) is 28.1. The van der Waals surface area contributed by atoms with Crippen molar-refractivity contribution in [2.24, 2.45) is 0 Å². The molecule has 0 spiro atoms. The van der Waals surface area contributed by atoms with Gasteiger partial charge in [-0.25, -0.2) is 13.2 Å². The van der Waals surface area contributed by atoms with E-state index in [0.717, 1.165) is 24.3 Å². The van der Waals surface area contributed by atoms with Crippen molar-refractivity contribution in [1.82, 2.24) is 4.98 Å². The van der Waals surface area contributed by atoms with E-state index in [1.54, 1.807) is 0 Å². The Morgan fingerprint density at radius 2 is 1.63 bits per heavy atom. The number of carbonyl (C=O) groups is 1. The molecule has 4 rings (SSSR count). The van der Waals surface area contributed by atoms with Gasteiger partial charge in [-0.3, -0.25) is 9.59 Å². The quantitative estimate of drug-likeness (QED) is 0.517. The van der Waals surface area contributed by atoms with Gasteiger partial charge >= 0.3 is 0 Å². The monoisotopic (exact) mass is 368 g/mol. The molecule has 7 heteroatoms. The van der Waals surface area contributed by atoms with Crippen molar-refractivity contribution in [2.75, 3.05) is 5.32 Å². The van der Waals surface area contributed by atoms with Crippen LogP contribution in [-0.4, -0.2) is 10.9 Å². The summed E-state index contributed by atoms with van der Waals surface area (Å²) in [5.74, 6) is -2.87. The molecule has 3 aromatic carbocycles.